The van der Waals surface area contributed by atoms with Crippen LogP contribution < -0.4 is 11.1 Å². The Bertz CT molecular complexity index is 579. The van der Waals surface area contributed by atoms with E-state index in [0.717, 1.165) is 12.2 Å². The van der Waals surface area contributed by atoms with Crippen molar-refractivity contribution in [3.8, 4) is 0 Å². The number of rotatable bonds is 4. The molecule has 0 saturated heterocycles. The zero-order valence-corrected chi connectivity index (χ0v) is 10.7. The summed E-state index contributed by atoms with van der Waals surface area (Å²) in [5.41, 5.74) is 7.05. The molecule has 0 aliphatic heterocycles. The average molecular weight is 264 g/mol. The molecular formula is C12H13FN4S. The van der Waals surface area contributed by atoms with Crippen LogP contribution in [-0.4, -0.2) is 14.8 Å². The first-order valence-electron chi connectivity index (χ1n) is 5.49. The average Bonchev–Trinajstić information content (AvgIpc) is 2.79. The van der Waals surface area contributed by atoms with Crippen molar-refractivity contribution in [1.82, 2.24) is 9.78 Å². The molecule has 0 atom stereocenters. The number of hydrogen-bond acceptors (Lipinski definition) is 3. The minimum Gasteiger partial charge on any atom is -0.389 e. The molecule has 0 aliphatic carbocycles. The van der Waals surface area contributed by atoms with Crippen LogP contribution in [0.4, 0.5) is 15.8 Å². The van der Waals surface area contributed by atoms with Crippen molar-refractivity contribution in [1.29, 1.82) is 0 Å². The lowest BCUT2D eigenvalue weighted by atomic mass is 10.2. The Morgan fingerprint density at radius 2 is 2.33 bits per heavy atom. The van der Waals surface area contributed by atoms with Gasteiger partial charge in [-0.05, 0) is 25.1 Å². The second kappa shape index (κ2) is 5.14. The number of hydrogen-bond donors (Lipinski definition) is 2. The highest BCUT2D eigenvalue weighted by Crippen LogP contribution is 2.20. The lowest BCUT2D eigenvalue weighted by Gasteiger charge is -2.06. The SMILES string of the molecule is CCn1cc(Nc2ccc(C(N)=S)cc2F)cn1. The van der Waals surface area contributed by atoms with Gasteiger partial charge in [-0.15, -0.1) is 0 Å². The van der Waals surface area contributed by atoms with Crippen molar-refractivity contribution in [3.63, 3.8) is 0 Å². The van der Waals surface area contributed by atoms with E-state index in [4.69, 9.17) is 18.0 Å². The van der Waals surface area contributed by atoms with E-state index in [1.54, 1.807) is 29.2 Å². The van der Waals surface area contributed by atoms with Crippen LogP contribution in [0.15, 0.2) is 30.6 Å². The maximum absolute atomic E-state index is 13.8. The molecule has 1 aromatic carbocycles. The number of anilines is 2. The van der Waals surface area contributed by atoms with Gasteiger partial charge in [0.1, 0.15) is 10.8 Å². The van der Waals surface area contributed by atoms with Crippen LogP contribution in [0.25, 0.3) is 0 Å². The van der Waals surface area contributed by atoms with Crippen LogP contribution in [-0.2, 0) is 6.54 Å². The molecule has 3 N–H and O–H groups in total. The van der Waals surface area contributed by atoms with Gasteiger partial charge in [-0.1, -0.05) is 12.2 Å². The zero-order chi connectivity index (χ0) is 13.1. The monoisotopic (exact) mass is 264 g/mol. The van der Waals surface area contributed by atoms with Crippen molar-refractivity contribution in [2.24, 2.45) is 5.73 Å². The van der Waals surface area contributed by atoms with Crippen LogP contribution in [0.1, 0.15) is 12.5 Å². The number of aromatic nitrogens is 2. The molecular weight excluding hydrogens is 251 g/mol. The normalized spacial score (nSPS) is 10.3. The number of nitrogens with zero attached hydrogens (tertiary/aromatic N) is 2. The first-order valence-corrected chi connectivity index (χ1v) is 5.90. The Balaban J connectivity index is 2.21. The van der Waals surface area contributed by atoms with E-state index in [9.17, 15) is 4.39 Å². The lowest BCUT2D eigenvalue weighted by Crippen LogP contribution is -2.09. The van der Waals surface area contributed by atoms with Crippen LogP contribution in [0.3, 0.4) is 0 Å². The summed E-state index contributed by atoms with van der Waals surface area (Å²) >= 11 is 4.79. The van der Waals surface area contributed by atoms with Crippen molar-refractivity contribution in [2.75, 3.05) is 5.32 Å². The second-order valence-corrected chi connectivity index (χ2v) is 4.21. The van der Waals surface area contributed by atoms with Gasteiger partial charge in [0.25, 0.3) is 0 Å². The van der Waals surface area contributed by atoms with E-state index < -0.39 is 5.82 Å². The number of benzene rings is 1. The molecule has 0 radical (unpaired) electrons. The van der Waals surface area contributed by atoms with Gasteiger partial charge in [0, 0.05) is 18.3 Å². The van der Waals surface area contributed by atoms with Gasteiger partial charge in [-0.25, -0.2) is 4.39 Å². The molecule has 4 nitrogen and oxygen atoms in total. The molecule has 1 heterocycles. The van der Waals surface area contributed by atoms with Gasteiger partial charge in [0.05, 0.1) is 17.6 Å². The van der Waals surface area contributed by atoms with Crippen LogP contribution >= 0.6 is 12.2 Å². The number of nitrogens with two attached hydrogens (primary N) is 1. The van der Waals surface area contributed by atoms with Crippen molar-refractivity contribution >= 4 is 28.6 Å². The summed E-state index contributed by atoms with van der Waals surface area (Å²) in [4.78, 5) is 0.180. The largest absolute Gasteiger partial charge is 0.389 e. The van der Waals surface area contributed by atoms with Crippen molar-refractivity contribution in [3.05, 3.63) is 42.0 Å². The lowest BCUT2D eigenvalue weighted by molar-refractivity contribution is 0.631. The quantitative estimate of drug-likeness (QED) is 0.833. The highest BCUT2D eigenvalue weighted by Gasteiger charge is 2.06. The third-order valence-corrected chi connectivity index (χ3v) is 2.73. The molecule has 6 heteroatoms. The molecule has 0 unspecified atom stereocenters. The summed E-state index contributed by atoms with van der Waals surface area (Å²) in [5.74, 6) is -0.399. The molecule has 2 aromatic rings. The fourth-order valence-electron chi connectivity index (χ4n) is 1.53. The van der Waals surface area contributed by atoms with Gasteiger partial charge >= 0.3 is 0 Å². The third-order valence-electron chi connectivity index (χ3n) is 2.49. The standard InChI is InChI=1S/C12H13FN4S/c1-2-17-7-9(6-15-17)16-11-4-3-8(12(14)18)5-10(11)13/h3-7,16H,2H2,1H3,(H2,14,18). The van der Waals surface area contributed by atoms with Crippen LogP contribution in [0, 0.1) is 5.82 Å². The van der Waals surface area contributed by atoms with Gasteiger partial charge < -0.3 is 11.1 Å². The van der Waals surface area contributed by atoms with Crippen LogP contribution in [0.5, 0.6) is 0 Å². The first kappa shape index (κ1) is 12.5. The summed E-state index contributed by atoms with van der Waals surface area (Å²) in [5, 5.41) is 7.05. The van der Waals surface area contributed by atoms with Crippen molar-refractivity contribution < 1.29 is 4.39 Å². The van der Waals surface area contributed by atoms with Gasteiger partial charge in [-0.2, -0.15) is 5.10 Å². The minimum absolute atomic E-state index is 0.180. The molecule has 2 rings (SSSR count). The highest BCUT2D eigenvalue weighted by atomic mass is 32.1. The summed E-state index contributed by atoms with van der Waals surface area (Å²) in [6, 6.07) is 4.60. The smallest absolute Gasteiger partial charge is 0.147 e. The van der Waals surface area contributed by atoms with E-state index in [1.165, 1.54) is 6.07 Å². The van der Waals surface area contributed by atoms with Gasteiger partial charge in [-0.3, -0.25) is 4.68 Å². The van der Waals surface area contributed by atoms with E-state index in [0.29, 0.717) is 11.3 Å². The Morgan fingerprint density at radius 3 is 2.89 bits per heavy atom. The Labute approximate surface area is 110 Å². The summed E-state index contributed by atoms with van der Waals surface area (Å²) in [6.45, 7) is 2.75. The Kier molecular flexibility index (Phi) is 3.57. The van der Waals surface area contributed by atoms with E-state index >= 15 is 0 Å². The molecule has 0 saturated carbocycles. The molecule has 1 aromatic heterocycles. The predicted octanol–water partition coefficient (Wildman–Crippen LogP) is 2.42. The molecule has 0 amide bonds. The second-order valence-electron chi connectivity index (χ2n) is 3.77. The van der Waals surface area contributed by atoms with E-state index in [1.807, 2.05) is 6.92 Å². The fourth-order valence-corrected chi connectivity index (χ4v) is 1.65. The predicted molar refractivity (Wildman–Crippen MR) is 73.5 cm³/mol. The number of halogens is 1. The van der Waals surface area contributed by atoms with Gasteiger partial charge in [0.15, 0.2) is 0 Å². The molecule has 0 spiro atoms. The molecule has 0 bridgehead atoms. The number of thiocarbonyl (C=S) groups is 1. The minimum atomic E-state index is -0.399. The number of aryl methyl sites for hydroxylation is 1. The summed E-state index contributed by atoms with van der Waals surface area (Å²) < 4.78 is 15.5. The summed E-state index contributed by atoms with van der Waals surface area (Å²) in [7, 11) is 0. The third kappa shape index (κ3) is 2.65. The maximum atomic E-state index is 13.8. The van der Waals surface area contributed by atoms with Crippen molar-refractivity contribution in [2.45, 2.75) is 13.5 Å². The van der Waals surface area contributed by atoms with Crippen LogP contribution in [0.2, 0.25) is 0 Å². The highest BCUT2D eigenvalue weighted by molar-refractivity contribution is 7.80. The molecule has 0 fully saturated rings. The maximum Gasteiger partial charge on any atom is 0.147 e. The number of nitrogens with one attached hydrogen (secondary N) is 1. The molecule has 94 valence electrons. The Hall–Kier alpha value is -1.95. The molecule has 0 aliphatic rings. The summed E-state index contributed by atoms with van der Waals surface area (Å²) in [6.07, 6.45) is 3.45. The molecule has 18 heavy (non-hydrogen) atoms. The van der Waals surface area contributed by atoms with E-state index in [-0.39, 0.29) is 4.99 Å². The van der Waals surface area contributed by atoms with Gasteiger partial charge in [0.2, 0.25) is 0 Å². The topological polar surface area (TPSA) is 55.9 Å². The Morgan fingerprint density at radius 1 is 1.56 bits per heavy atom. The zero-order valence-electron chi connectivity index (χ0n) is 9.85. The first-order chi connectivity index (χ1) is 8.60. The van der Waals surface area contributed by atoms with E-state index in [2.05, 4.69) is 10.4 Å². The fraction of sp³-hybridized carbons (Fsp3) is 0.167.